The second-order valence-corrected chi connectivity index (χ2v) is 5.39. The third-order valence-corrected chi connectivity index (χ3v) is 4.04. The van der Waals surface area contributed by atoms with E-state index in [9.17, 15) is 9.90 Å². The van der Waals surface area contributed by atoms with Gasteiger partial charge in [-0.3, -0.25) is 4.79 Å². The zero-order valence-electron chi connectivity index (χ0n) is 10.1. The Balaban J connectivity index is 2.28. The van der Waals surface area contributed by atoms with Gasteiger partial charge in [0, 0.05) is 23.5 Å². The summed E-state index contributed by atoms with van der Waals surface area (Å²) in [7, 11) is 0. The highest BCUT2D eigenvalue weighted by Gasteiger charge is 2.34. The van der Waals surface area contributed by atoms with Crippen LogP contribution in [0.15, 0.2) is 18.2 Å². The molecule has 0 saturated carbocycles. The van der Waals surface area contributed by atoms with Gasteiger partial charge in [-0.05, 0) is 30.5 Å². The number of halogens is 2. The normalized spacial score (nSPS) is 23.4. The Bertz CT molecular complexity index is 464. The molecule has 98 valence electrons. The second kappa shape index (κ2) is 5.37. The average molecular weight is 288 g/mol. The summed E-state index contributed by atoms with van der Waals surface area (Å²) in [6.07, 6.45) is 0.935. The van der Waals surface area contributed by atoms with E-state index < -0.39 is 0 Å². The fourth-order valence-corrected chi connectivity index (χ4v) is 2.97. The topological polar surface area (TPSA) is 40.5 Å². The number of alkyl halides is 1. The Morgan fingerprint density at radius 3 is 2.94 bits per heavy atom. The molecular formula is C13H15Cl2NO2. The molecule has 1 aromatic rings. The van der Waals surface area contributed by atoms with Crippen molar-refractivity contribution in [2.75, 3.05) is 12.4 Å². The minimum absolute atomic E-state index is 0.0255. The van der Waals surface area contributed by atoms with Gasteiger partial charge in [0.25, 0.3) is 5.91 Å². The van der Waals surface area contributed by atoms with Gasteiger partial charge in [-0.2, -0.15) is 0 Å². The van der Waals surface area contributed by atoms with E-state index in [4.69, 9.17) is 23.2 Å². The van der Waals surface area contributed by atoms with Gasteiger partial charge in [0.15, 0.2) is 0 Å². The Labute approximate surface area is 116 Å². The third-order valence-electron chi connectivity index (χ3n) is 3.49. The van der Waals surface area contributed by atoms with E-state index in [0.717, 1.165) is 6.42 Å². The summed E-state index contributed by atoms with van der Waals surface area (Å²) in [4.78, 5) is 14.1. The van der Waals surface area contributed by atoms with Gasteiger partial charge < -0.3 is 10.0 Å². The minimum atomic E-state index is -0.204. The number of hydrogen-bond donors (Lipinski definition) is 1. The summed E-state index contributed by atoms with van der Waals surface area (Å²) in [5.74, 6) is 0.545. The Morgan fingerprint density at radius 1 is 1.56 bits per heavy atom. The number of hydrogen-bond acceptors (Lipinski definition) is 2. The summed E-state index contributed by atoms with van der Waals surface area (Å²) in [6, 6.07) is 4.51. The van der Waals surface area contributed by atoms with Crippen LogP contribution in [-0.2, 0) is 0 Å². The maximum atomic E-state index is 12.4. The molecule has 3 nitrogen and oxygen atoms in total. The van der Waals surface area contributed by atoms with Gasteiger partial charge in [0.1, 0.15) is 5.75 Å². The molecule has 1 aliphatic heterocycles. The molecule has 1 aromatic carbocycles. The van der Waals surface area contributed by atoms with E-state index in [0.29, 0.717) is 23.4 Å². The van der Waals surface area contributed by atoms with Gasteiger partial charge in [-0.1, -0.05) is 18.5 Å². The van der Waals surface area contributed by atoms with Gasteiger partial charge >= 0.3 is 0 Å². The molecule has 0 aromatic heterocycles. The quantitative estimate of drug-likeness (QED) is 0.849. The zero-order chi connectivity index (χ0) is 13.3. The number of likely N-dealkylation sites (tertiary alicyclic amines) is 1. The maximum absolute atomic E-state index is 12.4. The second-order valence-electron chi connectivity index (χ2n) is 4.65. The van der Waals surface area contributed by atoms with Gasteiger partial charge in [-0.25, -0.2) is 0 Å². The third kappa shape index (κ3) is 2.43. The summed E-state index contributed by atoms with van der Waals surface area (Å²) in [5, 5.41) is 10.2. The molecule has 0 aliphatic carbocycles. The van der Waals surface area contributed by atoms with E-state index >= 15 is 0 Å². The van der Waals surface area contributed by atoms with Crippen LogP contribution in [0.2, 0.25) is 5.02 Å². The number of carbonyl (C=O) groups excluding carboxylic acids is 1. The summed E-state index contributed by atoms with van der Waals surface area (Å²) < 4.78 is 0. The first-order valence-corrected chi connectivity index (χ1v) is 6.81. The van der Waals surface area contributed by atoms with Crippen LogP contribution in [0.25, 0.3) is 0 Å². The van der Waals surface area contributed by atoms with Crippen molar-refractivity contribution in [2.24, 2.45) is 5.92 Å². The molecule has 1 N–H and O–H groups in total. The van der Waals surface area contributed by atoms with E-state index in [1.807, 2.05) is 0 Å². The summed E-state index contributed by atoms with van der Waals surface area (Å²) in [6.45, 7) is 2.75. The molecule has 2 rings (SSSR count). The van der Waals surface area contributed by atoms with E-state index in [1.54, 1.807) is 11.0 Å². The molecular weight excluding hydrogens is 273 g/mol. The van der Waals surface area contributed by atoms with Crippen molar-refractivity contribution in [1.29, 1.82) is 0 Å². The van der Waals surface area contributed by atoms with Crippen LogP contribution < -0.4 is 0 Å². The molecule has 1 heterocycles. The van der Waals surface area contributed by atoms with Crippen molar-refractivity contribution in [3.8, 4) is 5.75 Å². The molecule has 1 amide bonds. The molecule has 2 atom stereocenters. The van der Waals surface area contributed by atoms with Crippen molar-refractivity contribution in [3.05, 3.63) is 28.8 Å². The predicted octanol–water partition coefficient (Wildman–Crippen LogP) is 3.14. The van der Waals surface area contributed by atoms with Gasteiger partial charge in [0.2, 0.25) is 0 Å². The lowest BCUT2D eigenvalue weighted by molar-refractivity contribution is 0.0734. The molecule has 0 radical (unpaired) electrons. The largest absolute Gasteiger partial charge is 0.507 e. The smallest absolute Gasteiger partial charge is 0.257 e. The molecule has 1 saturated heterocycles. The lowest BCUT2D eigenvalue weighted by atomic mass is 10.0. The summed E-state index contributed by atoms with van der Waals surface area (Å²) in [5.41, 5.74) is 0.242. The number of amides is 1. The standard InChI is InChI=1S/C13H15Cl2NO2/c1-8-4-5-16(11(8)7-14)13(18)10-6-9(15)2-3-12(10)17/h2-3,6,8,11,17H,4-5,7H2,1H3. The number of rotatable bonds is 2. The number of carbonyl (C=O) groups is 1. The highest BCUT2D eigenvalue weighted by Crippen LogP contribution is 2.29. The van der Waals surface area contributed by atoms with Crippen LogP contribution in [-0.4, -0.2) is 34.4 Å². The van der Waals surface area contributed by atoms with Crippen LogP contribution in [0.1, 0.15) is 23.7 Å². The average Bonchev–Trinajstić information content (AvgIpc) is 2.72. The number of phenolic OH excluding ortho intramolecular Hbond substituents is 1. The molecule has 18 heavy (non-hydrogen) atoms. The Kier molecular flexibility index (Phi) is 4.03. The first kappa shape index (κ1) is 13.5. The Hall–Kier alpha value is -0.930. The fraction of sp³-hybridized carbons (Fsp3) is 0.462. The highest BCUT2D eigenvalue weighted by atomic mass is 35.5. The van der Waals surface area contributed by atoms with Gasteiger partial charge in [-0.15, -0.1) is 11.6 Å². The van der Waals surface area contributed by atoms with Crippen molar-refractivity contribution >= 4 is 29.1 Å². The monoisotopic (exact) mass is 287 g/mol. The van der Waals surface area contributed by atoms with Crippen molar-refractivity contribution in [1.82, 2.24) is 4.90 Å². The summed E-state index contributed by atoms with van der Waals surface area (Å²) >= 11 is 11.8. The molecule has 2 unspecified atom stereocenters. The molecule has 1 aliphatic rings. The SMILES string of the molecule is CC1CCN(C(=O)c2cc(Cl)ccc2O)C1CCl. The number of nitrogens with zero attached hydrogens (tertiary/aromatic N) is 1. The Morgan fingerprint density at radius 2 is 2.28 bits per heavy atom. The highest BCUT2D eigenvalue weighted by molar-refractivity contribution is 6.31. The number of aromatic hydroxyl groups is 1. The van der Waals surface area contributed by atoms with Crippen LogP contribution in [0, 0.1) is 5.92 Å². The fourth-order valence-electron chi connectivity index (χ4n) is 2.33. The zero-order valence-corrected chi connectivity index (χ0v) is 11.6. The lowest BCUT2D eigenvalue weighted by Crippen LogP contribution is -2.38. The van der Waals surface area contributed by atoms with Crippen LogP contribution in [0.3, 0.4) is 0 Å². The molecule has 5 heteroatoms. The van der Waals surface area contributed by atoms with Crippen LogP contribution in [0.5, 0.6) is 5.75 Å². The van der Waals surface area contributed by atoms with E-state index in [-0.39, 0.29) is 23.3 Å². The number of phenols is 1. The maximum Gasteiger partial charge on any atom is 0.257 e. The van der Waals surface area contributed by atoms with Crippen molar-refractivity contribution in [2.45, 2.75) is 19.4 Å². The van der Waals surface area contributed by atoms with Gasteiger partial charge in [0.05, 0.1) is 5.56 Å². The minimum Gasteiger partial charge on any atom is -0.507 e. The molecule has 0 spiro atoms. The first-order chi connectivity index (χ1) is 8.54. The molecule has 0 bridgehead atoms. The van der Waals surface area contributed by atoms with E-state index in [1.165, 1.54) is 12.1 Å². The van der Waals surface area contributed by atoms with Crippen LogP contribution in [0.4, 0.5) is 0 Å². The van der Waals surface area contributed by atoms with Crippen molar-refractivity contribution in [3.63, 3.8) is 0 Å². The predicted molar refractivity (Wildman–Crippen MR) is 72.4 cm³/mol. The lowest BCUT2D eigenvalue weighted by Gasteiger charge is -2.25. The first-order valence-electron chi connectivity index (χ1n) is 5.90. The molecule has 1 fully saturated rings. The van der Waals surface area contributed by atoms with E-state index in [2.05, 4.69) is 6.92 Å². The van der Waals surface area contributed by atoms with Crippen LogP contribution >= 0.6 is 23.2 Å². The van der Waals surface area contributed by atoms with Crippen molar-refractivity contribution < 1.29 is 9.90 Å². The number of benzene rings is 1.